The number of benzene rings is 1. The first-order valence-corrected chi connectivity index (χ1v) is 6.73. The summed E-state index contributed by atoms with van der Waals surface area (Å²) < 4.78 is 10.3. The Kier molecular flexibility index (Phi) is 6.68. The average Bonchev–Trinajstić information content (AvgIpc) is 2.49. The van der Waals surface area contributed by atoms with E-state index in [2.05, 4.69) is 10.6 Å². The SMILES string of the molecule is COc1ccc(OC)c(C(=O)C(C)NCCNC(C)=O)c1. The van der Waals surface area contributed by atoms with Gasteiger partial charge in [0.05, 0.1) is 25.8 Å². The Labute approximate surface area is 124 Å². The van der Waals surface area contributed by atoms with Crippen LogP contribution in [-0.4, -0.2) is 45.0 Å². The normalized spacial score (nSPS) is 11.6. The molecule has 0 aliphatic carbocycles. The van der Waals surface area contributed by atoms with Crippen molar-refractivity contribution in [1.82, 2.24) is 10.6 Å². The molecule has 0 radical (unpaired) electrons. The van der Waals surface area contributed by atoms with E-state index < -0.39 is 0 Å². The van der Waals surface area contributed by atoms with Gasteiger partial charge in [-0.25, -0.2) is 0 Å². The Morgan fingerprint density at radius 2 is 1.90 bits per heavy atom. The van der Waals surface area contributed by atoms with Crippen molar-refractivity contribution < 1.29 is 19.1 Å². The molecule has 1 aromatic carbocycles. The minimum absolute atomic E-state index is 0.0893. The van der Waals surface area contributed by atoms with Crippen LogP contribution in [-0.2, 0) is 4.79 Å². The number of methoxy groups -OCH3 is 2. The Hall–Kier alpha value is -2.08. The zero-order valence-electron chi connectivity index (χ0n) is 12.9. The summed E-state index contributed by atoms with van der Waals surface area (Å²) >= 11 is 0. The van der Waals surface area contributed by atoms with Gasteiger partial charge >= 0.3 is 0 Å². The first-order chi connectivity index (χ1) is 9.99. The molecule has 0 spiro atoms. The van der Waals surface area contributed by atoms with Gasteiger partial charge in [0.25, 0.3) is 0 Å². The highest BCUT2D eigenvalue weighted by molar-refractivity contribution is 6.02. The van der Waals surface area contributed by atoms with Crippen molar-refractivity contribution in [3.05, 3.63) is 23.8 Å². The van der Waals surface area contributed by atoms with Crippen LogP contribution in [0, 0.1) is 0 Å². The maximum absolute atomic E-state index is 12.4. The molecule has 21 heavy (non-hydrogen) atoms. The van der Waals surface area contributed by atoms with Crippen molar-refractivity contribution in [3.8, 4) is 11.5 Å². The van der Waals surface area contributed by atoms with Crippen LogP contribution in [0.1, 0.15) is 24.2 Å². The van der Waals surface area contributed by atoms with Crippen molar-refractivity contribution in [1.29, 1.82) is 0 Å². The second kappa shape index (κ2) is 8.26. The number of rotatable bonds is 8. The number of ketones is 1. The van der Waals surface area contributed by atoms with Gasteiger partial charge in [-0.05, 0) is 25.1 Å². The fourth-order valence-electron chi connectivity index (χ4n) is 1.86. The number of Topliss-reactive ketones (excluding diaryl/α,β-unsaturated/α-hetero) is 1. The van der Waals surface area contributed by atoms with Gasteiger partial charge < -0.3 is 20.1 Å². The number of hydrogen-bond donors (Lipinski definition) is 2. The molecule has 0 aliphatic rings. The highest BCUT2D eigenvalue weighted by Gasteiger charge is 2.19. The predicted octanol–water partition coefficient (Wildman–Crippen LogP) is 1.00. The first-order valence-electron chi connectivity index (χ1n) is 6.73. The van der Waals surface area contributed by atoms with Crippen LogP contribution >= 0.6 is 0 Å². The van der Waals surface area contributed by atoms with Crippen molar-refractivity contribution in [3.63, 3.8) is 0 Å². The molecule has 116 valence electrons. The first kappa shape index (κ1) is 17.0. The van der Waals surface area contributed by atoms with Crippen LogP contribution in [0.4, 0.5) is 0 Å². The van der Waals surface area contributed by atoms with Crippen LogP contribution < -0.4 is 20.1 Å². The van der Waals surface area contributed by atoms with E-state index in [0.717, 1.165) is 0 Å². The van der Waals surface area contributed by atoms with Gasteiger partial charge in [-0.1, -0.05) is 0 Å². The molecule has 1 unspecified atom stereocenters. The summed E-state index contributed by atoms with van der Waals surface area (Å²) in [6.07, 6.45) is 0. The molecule has 1 rings (SSSR count). The van der Waals surface area contributed by atoms with E-state index >= 15 is 0 Å². The maximum Gasteiger partial charge on any atom is 0.216 e. The Bertz CT molecular complexity index is 502. The fourth-order valence-corrected chi connectivity index (χ4v) is 1.86. The summed E-state index contributed by atoms with van der Waals surface area (Å²) in [6, 6.07) is 4.72. The van der Waals surface area contributed by atoms with E-state index in [4.69, 9.17) is 9.47 Å². The monoisotopic (exact) mass is 294 g/mol. The molecule has 0 aromatic heterocycles. The van der Waals surface area contributed by atoms with E-state index in [1.165, 1.54) is 14.0 Å². The largest absolute Gasteiger partial charge is 0.497 e. The zero-order chi connectivity index (χ0) is 15.8. The number of nitrogens with one attached hydrogen (secondary N) is 2. The van der Waals surface area contributed by atoms with Crippen molar-refractivity contribution in [2.45, 2.75) is 19.9 Å². The standard InChI is InChI=1S/C15H22N2O4/c1-10(16-7-8-17-11(2)18)15(19)13-9-12(20-3)5-6-14(13)21-4/h5-6,9-10,16H,7-8H2,1-4H3,(H,17,18). The lowest BCUT2D eigenvalue weighted by atomic mass is 10.0. The molecule has 2 N–H and O–H groups in total. The molecule has 1 aromatic rings. The molecule has 6 heteroatoms. The molecule has 1 atom stereocenters. The molecule has 1 amide bonds. The smallest absolute Gasteiger partial charge is 0.216 e. The van der Waals surface area contributed by atoms with E-state index in [-0.39, 0.29) is 17.7 Å². The van der Waals surface area contributed by atoms with Crippen molar-refractivity contribution in [2.24, 2.45) is 0 Å². The molecule has 0 heterocycles. The van der Waals surface area contributed by atoms with Crippen LogP contribution in [0.3, 0.4) is 0 Å². The zero-order valence-corrected chi connectivity index (χ0v) is 12.9. The number of amides is 1. The minimum Gasteiger partial charge on any atom is -0.497 e. The quantitative estimate of drug-likeness (QED) is 0.552. The summed E-state index contributed by atoms with van der Waals surface area (Å²) in [5, 5.41) is 5.73. The molecule has 6 nitrogen and oxygen atoms in total. The van der Waals surface area contributed by atoms with Gasteiger partial charge in [0.15, 0.2) is 5.78 Å². The third kappa shape index (κ3) is 5.07. The van der Waals surface area contributed by atoms with Crippen molar-refractivity contribution in [2.75, 3.05) is 27.3 Å². The fraction of sp³-hybridized carbons (Fsp3) is 0.467. The molecule has 0 aliphatic heterocycles. The van der Waals surface area contributed by atoms with E-state index in [1.807, 2.05) is 0 Å². The topological polar surface area (TPSA) is 76.7 Å². The summed E-state index contributed by atoms with van der Waals surface area (Å²) in [5.74, 6) is 0.930. The number of carbonyl (C=O) groups excluding carboxylic acids is 2. The molecule has 0 fully saturated rings. The summed E-state index contributed by atoms with van der Waals surface area (Å²) in [5.41, 5.74) is 0.469. The maximum atomic E-state index is 12.4. The molecule has 0 bridgehead atoms. The number of carbonyl (C=O) groups is 2. The van der Waals surface area contributed by atoms with Crippen LogP contribution in [0.15, 0.2) is 18.2 Å². The Morgan fingerprint density at radius 3 is 2.48 bits per heavy atom. The molecular weight excluding hydrogens is 272 g/mol. The van der Waals surface area contributed by atoms with Gasteiger partial charge in [-0.2, -0.15) is 0 Å². The highest BCUT2D eigenvalue weighted by Crippen LogP contribution is 2.25. The highest BCUT2D eigenvalue weighted by atomic mass is 16.5. The van der Waals surface area contributed by atoms with Crippen LogP contribution in [0.2, 0.25) is 0 Å². The average molecular weight is 294 g/mol. The van der Waals surface area contributed by atoms with Crippen LogP contribution in [0.25, 0.3) is 0 Å². The third-order valence-corrected chi connectivity index (χ3v) is 3.01. The number of ether oxygens (including phenoxy) is 2. The Balaban J connectivity index is 2.70. The lowest BCUT2D eigenvalue weighted by Gasteiger charge is -2.15. The van der Waals surface area contributed by atoms with Gasteiger partial charge in [0, 0.05) is 20.0 Å². The number of hydrogen-bond acceptors (Lipinski definition) is 5. The minimum atomic E-state index is -0.389. The molecular formula is C15H22N2O4. The van der Waals surface area contributed by atoms with Gasteiger partial charge in [0.1, 0.15) is 11.5 Å². The lowest BCUT2D eigenvalue weighted by molar-refractivity contribution is -0.118. The van der Waals surface area contributed by atoms with Gasteiger partial charge in [-0.15, -0.1) is 0 Å². The summed E-state index contributed by atoms with van der Waals surface area (Å²) in [4.78, 5) is 23.2. The van der Waals surface area contributed by atoms with Gasteiger partial charge in [-0.3, -0.25) is 9.59 Å². The van der Waals surface area contributed by atoms with E-state index in [1.54, 1.807) is 32.2 Å². The van der Waals surface area contributed by atoms with Gasteiger partial charge in [0.2, 0.25) is 5.91 Å². The second-order valence-electron chi connectivity index (χ2n) is 4.59. The van der Waals surface area contributed by atoms with E-state index in [9.17, 15) is 9.59 Å². The third-order valence-electron chi connectivity index (χ3n) is 3.01. The lowest BCUT2D eigenvalue weighted by Crippen LogP contribution is -2.39. The van der Waals surface area contributed by atoms with Crippen LogP contribution in [0.5, 0.6) is 11.5 Å². The molecule has 0 saturated carbocycles. The van der Waals surface area contributed by atoms with Crippen molar-refractivity contribution >= 4 is 11.7 Å². The second-order valence-corrected chi connectivity index (χ2v) is 4.59. The molecule has 0 saturated heterocycles. The summed E-state index contributed by atoms with van der Waals surface area (Å²) in [6.45, 7) is 4.21. The Morgan fingerprint density at radius 1 is 1.19 bits per heavy atom. The van der Waals surface area contributed by atoms with E-state index in [0.29, 0.717) is 30.2 Å². The predicted molar refractivity (Wildman–Crippen MR) is 80.0 cm³/mol. The summed E-state index contributed by atoms with van der Waals surface area (Å²) in [7, 11) is 3.07.